The Labute approximate surface area is 152 Å². The number of rotatable bonds is 1. The van der Waals surface area contributed by atoms with Gasteiger partial charge in [0.2, 0.25) is 0 Å². The van der Waals surface area contributed by atoms with Gasteiger partial charge in [-0.3, -0.25) is 0 Å². The van der Waals surface area contributed by atoms with E-state index in [1.54, 1.807) is 0 Å². The van der Waals surface area contributed by atoms with E-state index in [4.69, 9.17) is 9.47 Å². The molecule has 0 aromatic carbocycles. The zero-order valence-electron chi connectivity index (χ0n) is 16.1. The summed E-state index contributed by atoms with van der Waals surface area (Å²) in [6, 6.07) is 0. The largest absolute Gasteiger partial charge is 0.389 e. The van der Waals surface area contributed by atoms with Crippen LogP contribution in [0.2, 0.25) is 0 Å². The van der Waals surface area contributed by atoms with Gasteiger partial charge in [0, 0.05) is 5.92 Å². The minimum atomic E-state index is -0.392. The van der Waals surface area contributed by atoms with Crippen molar-refractivity contribution in [2.75, 3.05) is 13.2 Å². The van der Waals surface area contributed by atoms with E-state index in [0.717, 1.165) is 25.6 Å². The van der Waals surface area contributed by atoms with Crippen molar-refractivity contribution in [1.82, 2.24) is 0 Å². The predicted octanol–water partition coefficient (Wildman–Crippen LogP) is 4.52. The maximum Gasteiger partial charge on any atom is 0.160 e. The zero-order valence-corrected chi connectivity index (χ0v) is 16.1. The first kappa shape index (κ1) is 17.0. The van der Waals surface area contributed by atoms with Crippen LogP contribution in [0.5, 0.6) is 0 Å². The lowest BCUT2D eigenvalue weighted by molar-refractivity contribution is -0.210. The van der Waals surface area contributed by atoms with Crippen molar-refractivity contribution in [2.24, 2.45) is 34.5 Å². The van der Waals surface area contributed by atoms with Crippen LogP contribution in [-0.4, -0.2) is 30.2 Å². The van der Waals surface area contributed by atoms with E-state index < -0.39 is 5.60 Å². The highest BCUT2D eigenvalue weighted by molar-refractivity contribution is 5.14. The molecule has 0 radical (unpaired) electrons. The molecule has 5 fully saturated rings. The van der Waals surface area contributed by atoms with Gasteiger partial charge < -0.3 is 14.6 Å². The number of fused-ring (bicyclic) bond motifs is 5. The van der Waals surface area contributed by atoms with Gasteiger partial charge in [0.15, 0.2) is 6.29 Å². The molecule has 1 saturated heterocycles. The van der Waals surface area contributed by atoms with Crippen LogP contribution < -0.4 is 0 Å². The van der Waals surface area contributed by atoms with Crippen molar-refractivity contribution in [2.45, 2.75) is 89.9 Å². The average Bonchev–Trinajstić information content (AvgIpc) is 3.21. The van der Waals surface area contributed by atoms with Gasteiger partial charge in [-0.15, -0.1) is 0 Å². The topological polar surface area (TPSA) is 38.7 Å². The monoisotopic (exact) mass is 348 g/mol. The minimum absolute atomic E-state index is 0.0431. The standard InChI is InChI=1S/C22H36O3/c1-20-9-3-10-22(20,23)18-7-6-16-5-4-15(19-24-12-13-25-19)14-21(16,2)17(18)8-11-20/h15-19,23H,3-14H2,1-2H3/t15?,16-,17-,18+,20-,21-,22-/m0/s1. The third kappa shape index (κ3) is 2.28. The number of hydrogen-bond acceptors (Lipinski definition) is 3. The first-order chi connectivity index (χ1) is 12.0. The molecule has 1 heterocycles. The van der Waals surface area contributed by atoms with Crippen molar-refractivity contribution in [1.29, 1.82) is 0 Å². The van der Waals surface area contributed by atoms with Crippen LogP contribution in [0.15, 0.2) is 0 Å². The molecule has 7 atom stereocenters. The zero-order chi connectivity index (χ0) is 17.3. The van der Waals surface area contributed by atoms with Crippen molar-refractivity contribution in [3.8, 4) is 0 Å². The first-order valence-electron chi connectivity index (χ1n) is 10.9. The lowest BCUT2D eigenvalue weighted by atomic mass is 9.43. The smallest absolute Gasteiger partial charge is 0.160 e. The van der Waals surface area contributed by atoms with E-state index in [-0.39, 0.29) is 11.7 Å². The minimum Gasteiger partial charge on any atom is -0.389 e. The fourth-order valence-electron chi connectivity index (χ4n) is 8.25. The fourth-order valence-corrected chi connectivity index (χ4v) is 8.25. The SMILES string of the molecule is C[C@]12CC(C3OCCO3)CC[C@H]1CC[C@@H]1[C@@H]2CC[C@]2(C)CCC[C@]12O. The van der Waals surface area contributed by atoms with Gasteiger partial charge in [0.1, 0.15) is 0 Å². The van der Waals surface area contributed by atoms with E-state index >= 15 is 0 Å². The van der Waals surface area contributed by atoms with Crippen molar-refractivity contribution in [3.63, 3.8) is 0 Å². The molecule has 25 heavy (non-hydrogen) atoms. The second kappa shape index (κ2) is 5.69. The molecule has 3 heteroatoms. The normalized spacial score (nSPS) is 56.3. The van der Waals surface area contributed by atoms with Gasteiger partial charge in [-0.1, -0.05) is 13.8 Å². The maximum atomic E-state index is 11.8. The lowest BCUT2D eigenvalue weighted by Crippen LogP contribution is -2.61. The molecule has 5 rings (SSSR count). The molecule has 0 bridgehead atoms. The highest BCUT2D eigenvalue weighted by atomic mass is 16.7. The summed E-state index contributed by atoms with van der Waals surface area (Å²) in [4.78, 5) is 0. The molecule has 4 saturated carbocycles. The Morgan fingerprint density at radius 1 is 0.840 bits per heavy atom. The maximum absolute atomic E-state index is 11.8. The average molecular weight is 349 g/mol. The number of aliphatic hydroxyl groups is 1. The quantitative estimate of drug-likeness (QED) is 0.757. The molecule has 142 valence electrons. The number of ether oxygens (including phenoxy) is 2. The molecular weight excluding hydrogens is 312 g/mol. The molecule has 3 nitrogen and oxygen atoms in total. The Morgan fingerprint density at radius 2 is 1.60 bits per heavy atom. The second-order valence-corrected chi connectivity index (χ2v) is 10.5. The molecule has 1 unspecified atom stereocenters. The molecule has 0 aromatic rings. The highest BCUT2D eigenvalue weighted by Crippen LogP contribution is 2.68. The molecule has 5 aliphatic rings. The Morgan fingerprint density at radius 3 is 2.40 bits per heavy atom. The third-order valence-corrected chi connectivity index (χ3v) is 9.66. The summed E-state index contributed by atoms with van der Waals surface area (Å²) >= 11 is 0. The summed E-state index contributed by atoms with van der Waals surface area (Å²) in [5.41, 5.74) is 0.168. The van der Waals surface area contributed by atoms with E-state index in [1.165, 1.54) is 57.8 Å². The molecule has 4 aliphatic carbocycles. The Bertz CT molecular complexity index is 529. The van der Waals surface area contributed by atoms with Gasteiger partial charge in [-0.2, -0.15) is 0 Å². The van der Waals surface area contributed by atoms with Gasteiger partial charge in [0.25, 0.3) is 0 Å². The van der Waals surface area contributed by atoms with Crippen molar-refractivity contribution >= 4 is 0 Å². The van der Waals surface area contributed by atoms with Crippen LogP contribution in [-0.2, 0) is 9.47 Å². The van der Waals surface area contributed by atoms with Gasteiger partial charge in [-0.05, 0) is 92.8 Å². The first-order valence-corrected chi connectivity index (χ1v) is 10.9. The summed E-state index contributed by atoms with van der Waals surface area (Å²) in [5.74, 6) is 2.64. The number of hydrogen-bond donors (Lipinski definition) is 1. The Hall–Kier alpha value is -0.120. The van der Waals surface area contributed by atoms with Gasteiger partial charge >= 0.3 is 0 Å². The molecule has 0 amide bonds. The van der Waals surface area contributed by atoms with E-state index in [2.05, 4.69) is 13.8 Å². The molecule has 0 spiro atoms. The van der Waals surface area contributed by atoms with Crippen LogP contribution in [0.4, 0.5) is 0 Å². The van der Waals surface area contributed by atoms with E-state index in [1.807, 2.05) is 0 Å². The Balaban J connectivity index is 1.43. The molecule has 0 aromatic heterocycles. The van der Waals surface area contributed by atoms with Gasteiger partial charge in [-0.25, -0.2) is 0 Å². The van der Waals surface area contributed by atoms with Crippen LogP contribution >= 0.6 is 0 Å². The lowest BCUT2D eigenvalue weighted by Gasteiger charge is -2.63. The predicted molar refractivity (Wildman–Crippen MR) is 97.0 cm³/mol. The van der Waals surface area contributed by atoms with Crippen molar-refractivity contribution < 1.29 is 14.6 Å². The molecular formula is C22H36O3. The fraction of sp³-hybridized carbons (Fsp3) is 1.00. The highest BCUT2D eigenvalue weighted by Gasteiger charge is 2.64. The molecule has 1 N–H and O–H groups in total. The van der Waals surface area contributed by atoms with Crippen LogP contribution in [0, 0.1) is 34.5 Å². The summed E-state index contributed by atoms with van der Waals surface area (Å²) in [6.45, 7) is 6.49. The summed E-state index contributed by atoms with van der Waals surface area (Å²) in [7, 11) is 0. The van der Waals surface area contributed by atoms with Crippen molar-refractivity contribution in [3.05, 3.63) is 0 Å². The summed E-state index contributed by atoms with van der Waals surface area (Å²) in [5, 5.41) is 11.8. The molecule has 1 aliphatic heterocycles. The van der Waals surface area contributed by atoms with E-state index in [9.17, 15) is 5.11 Å². The summed E-state index contributed by atoms with van der Waals surface area (Å²) in [6.07, 6.45) is 12.5. The third-order valence-electron chi connectivity index (χ3n) is 9.66. The Kier molecular flexibility index (Phi) is 3.87. The second-order valence-electron chi connectivity index (χ2n) is 10.5. The van der Waals surface area contributed by atoms with E-state index in [0.29, 0.717) is 23.2 Å². The van der Waals surface area contributed by atoms with Crippen LogP contribution in [0.3, 0.4) is 0 Å². The van der Waals surface area contributed by atoms with Gasteiger partial charge in [0.05, 0.1) is 18.8 Å². The van der Waals surface area contributed by atoms with Crippen LogP contribution in [0.25, 0.3) is 0 Å². The summed E-state index contributed by atoms with van der Waals surface area (Å²) < 4.78 is 11.8. The van der Waals surface area contributed by atoms with Crippen LogP contribution in [0.1, 0.15) is 78.1 Å².